The van der Waals surface area contributed by atoms with Crippen LogP contribution >= 0.6 is 0 Å². The lowest BCUT2D eigenvalue weighted by Gasteiger charge is -2.07. The minimum absolute atomic E-state index is 0.622. The first kappa shape index (κ1) is 13.6. The van der Waals surface area contributed by atoms with Crippen LogP contribution < -0.4 is 5.73 Å². The van der Waals surface area contributed by atoms with Gasteiger partial charge in [0.15, 0.2) is 0 Å². The lowest BCUT2D eigenvalue weighted by atomic mass is 10.1. The number of benzene rings is 2. The molecule has 106 valence electrons. The van der Waals surface area contributed by atoms with Crippen molar-refractivity contribution in [2.45, 2.75) is 13.0 Å². The van der Waals surface area contributed by atoms with Crippen molar-refractivity contribution in [3.05, 3.63) is 78.0 Å². The molecular formula is C18H19N3. The van der Waals surface area contributed by atoms with Crippen molar-refractivity contribution in [2.24, 2.45) is 5.73 Å². The molecule has 0 unspecified atom stereocenters. The molecule has 1 aromatic heterocycles. The van der Waals surface area contributed by atoms with Crippen molar-refractivity contribution in [2.75, 3.05) is 6.54 Å². The molecule has 0 atom stereocenters. The average molecular weight is 277 g/mol. The highest BCUT2D eigenvalue weighted by Gasteiger charge is 2.09. The van der Waals surface area contributed by atoms with E-state index >= 15 is 0 Å². The van der Waals surface area contributed by atoms with Crippen LogP contribution in [0.3, 0.4) is 0 Å². The molecule has 0 amide bonds. The third-order valence-electron chi connectivity index (χ3n) is 3.48. The zero-order chi connectivity index (χ0) is 14.5. The Balaban J connectivity index is 1.98. The van der Waals surface area contributed by atoms with E-state index < -0.39 is 0 Å². The van der Waals surface area contributed by atoms with Gasteiger partial charge in [-0.2, -0.15) is 5.10 Å². The SMILES string of the molecule is NCCc1cc(-c2ccccc2)n(Cc2ccccc2)n1. The van der Waals surface area contributed by atoms with E-state index in [9.17, 15) is 0 Å². The number of aromatic nitrogens is 2. The predicted octanol–water partition coefficient (Wildman–Crippen LogP) is 3.10. The number of nitrogens with zero attached hydrogens (tertiary/aromatic N) is 2. The van der Waals surface area contributed by atoms with E-state index in [4.69, 9.17) is 10.8 Å². The van der Waals surface area contributed by atoms with E-state index in [1.807, 2.05) is 12.1 Å². The molecule has 3 nitrogen and oxygen atoms in total. The first-order chi connectivity index (χ1) is 10.4. The molecule has 0 spiro atoms. The Bertz CT molecular complexity index is 687. The van der Waals surface area contributed by atoms with Gasteiger partial charge in [-0.25, -0.2) is 0 Å². The van der Waals surface area contributed by atoms with Crippen LogP contribution in [0.5, 0.6) is 0 Å². The average Bonchev–Trinajstić information content (AvgIpc) is 2.92. The van der Waals surface area contributed by atoms with Gasteiger partial charge in [-0.1, -0.05) is 60.7 Å². The van der Waals surface area contributed by atoms with Crippen molar-refractivity contribution in [1.29, 1.82) is 0 Å². The van der Waals surface area contributed by atoms with E-state index in [0.29, 0.717) is 6.54 Å². The highest BCUT2D eigenvalue weighted by Crippen LogP contribution is 2.21. The van der Waals surface area contributed by atoms with Crippen molar-refractivity contribution >= 4 is 0 Å². The van der Waals surface area contributed by atoms with Gasteiger partial charge in [0.25, 0.3) is 0 Å². The molecular weight excluding hydrogens is 258 g/mol. The van der Waals surface area contributed by atoms with Crippen LogP contribution in [-0.4, -0.2) is 16.3 Å². The Morgan fingerprint density at radius 1 is 0.905 bits per heavy atom. The van der Waals surface area contributed by atoms with Gasteiger partial charge in [0, 0.05) is 6.42 Å². The van der Waals surface area contributed by atoms with Crippen LogP contribution in [0, 0.1) is 0 Å². The Hall–Kier alpha value is -2.39. The molecule has 3 heteroatoms. The topological polar surface area (TPSA) is 43.8 Å². The van der Waals surface area contributed by atoms with Gasteiger partial charge in [0.1, 0.15) is 0 Å². The van der Waals surface area contributed by atoms with Crippen LogP contribution in [0.4, 0.5) is 0 Å². The number of nitrogens with two attached hydrogens (primary N) is 1. The fourth-order valence-corrected chi connectivity index (χ4v) is 2.46. The highest BCUT2D eigenvalue weighted by molar-refractivity contribution is 5.60. The van der Waals surface area contributed by atoms with Crippen LogP contribution in [0.15, 0.2) is 66.7 Å². The molecule has 0 aliphatic carbocycles. The molecule has 0 saturated heterocycles. The molecule has 3 rings (SSSR count). The predicted molar refractivity (Wildman–Crippen MR) is 86.0 cm³/mol. The number of rotatable bonds is 5. The molecule has 2 N–H and O–H groups in total. The van der Waals surface area contributed by atoms with E-state index in [1.165, 1.54) is 11.1 Å². The standard InChI is InChI=1S/C18H19N3/c19-12-11-17-13-18(16-9-5-2-6-10-16)21(20-17)14-15-7-3-1-4-8-15/h1-10,13H,11-12,14,19H2. The molecule has 1 heterocycles. The quantitative estimate of drug-likeness (QED) is 0.778. The maximum Gasteiger partial charge on any atom is 0.0689 e. The van der Waals surface area contributed by atoms with Crippen molar-refractivity contribution in [3.8, 4) is 11.3 Å². The Morgan fingerprint density at radius 2 is 1.57 bits per heavy atom. The summed E-state index contributed by atoms with van der Waals surface area (Å²) >= 11 is 0. The zero-order valence-electron chi connectivity index (χ0n) is 11.9. The highest BCUT2D eigenvalue weighted by atomic mass is 15.3. The van der Waals surface area contributed by atoms with E-state index in [0.717, 1.165) is 24.4 Å². The van der Waals surface area contributed by atoms with Gasteiger partial charge >= 0.3 is 0 Å². The second-order valence-corrected chi connectivity index (χ2v) is 5.07. The monoisotopic (exact) mass is 277 g/mol. The van der Waals surface area contributed by atoms with Crippen LogP contribution in [0.25, 0.3) is 11.3 Å². The molecule has 2 aromatic carbocycles. The smallest absolute Gasteiger partial charge is 0.0689 e. The third-order valence-corrected chi connectivity index (χ3v) is 3.48. The third kappa shape index (κ3) is 3.20. The van der Waals surface area contributed by atoms with E-state index in [2.05, 4.69) is 59.3 Å². The lowest BCUT2D eigenvalue weighted by molar-refractivity contribution is 0.677. The van der Waals surface area contributed by atoms with Crippen LogP contribution in [-0.2, 0) is 13.0 Å². The summed E-state index contributed by atoms with van der Waals surface area (Å²) in [5.74, 6) is 0. The Morgan fingerprint density at radius 3 is 2.24 bits per heavy atom. The van der Waals surface area contributed by atoms with Gasteiger partial charge in [-0.15, -0.1) is 0 Å². The summed E-state index contributed by atoms with van der Waals surface area (Å²) in [4.78, 5) is 0. The summed E-state index contributed by atoms with van der Waals surface area (Å²) in [7, 11) is 0. The van der Waals surface area contributed by atoms with Gasteiger partial charge in [0.2, 0.25) is 0 Å². The summed E-state index contributed by atoms with van der Waals surface area (Å²) < 4.78 is 2.07. The normalized spacial score (nSPS) is 10.7. The molecule has 0 saturated carbocycles. The molecule has 0 aliphatic heterocycles. The van der Waals surface area contributed by atoms with Crippen molar-refractivity contribution in [1.82, 2.24) is 9.78 Å². The maximum absolute atomic E-state index is 5.66. The second kappa shape index (κ2) is 6.37. The zero-order valence-corrected chi connectivity index (χ0v) is 11.9. The minimum atomic E-state index is 0.622. The minimum Gasteiger partial charge on any atom is -0.330 e. The summed E-state index contributed by atoms with van der Waals surface area (Å²) in [5.41, 5.74) is 10.3. The number of hydrogen-bond acceptors (Lipinski definition) is 2. The molecule has 0 bridgehead atoms. The lowest BCUT2D eigenvalue weighted by Crippen LogP contribution is -2.06. The van der Waals surface area contributed by atoms with Crippen molar-refractivity contribution in [3.63, 3.8) is 0 Å². The molecule has 0 fully saturated rings. The summed E-state index contributed by atoms with van der Waals surface area (Å²) in [6.45, 7) is 1.40. The van der Waals surface area contributed by atoms with Gasteiger partial charge in [-0.3, -0.25) is 4.68 Å². The summed E-state index contributed by atoms with van der Waals surface area (Å²) in [5, 5.41) is 4.71. The van der Waals surface area contributed by atoms with E-state index in [1.54, 1.807) is 0 Å². The maximum atomic E-state index is 5.66. The molecule has 0 aliphatic rings. The van der Waals surface area contributed by atoms with Gasteiger partial charge in [0.05, 0.1) is 17.9 Å². The van der Waals surface area contributed by atoms with Crippen molar-refractivity contribution < 1.29 is 0 Å². The Labute approximate surface area is 125 Å². The van der Waals surface area contributed by atoms with Gasteiger partial charge < -0.3 is 5.73 Å². The second-order valence-electron chi connectivity index (χ2n) is 5.07. The summed E-state index contributed by atoms with van der Waals surface area (Å²) in [6, 6.07) is 22.9. The number of hydrogen-bond donors (Lipinski definition) is 1. The van der Waals surface area contributed by atoms with E-state index in [-0.39, 0.29) is 0 Å². The van der Waals surface area contributed by atoms with Crippen LogP contribution in [0.1, 0.15) is 11.3 Å². The van der Waals surface area contributed by atoms with Crippen LogP contribution in [0.2, 0.25) is 0 Å². The fraction of sp³-hybridized carbons (Fsp3) is 0.167. The largest absolute Gasteiger partial charge is 0.330 e. The molecule has 0 radical (unpaired) electrons. The first-order valence-electron chi connectivity index (χ1n) is 7.23. The van der Waals surface area contributed by atoms with Gasteiger partial charge in [-0.05, 0) is 23.7 Å². The summed E-state index contributed by atoms with van der Waals surface area (Å²) in [6.07, 6.45) is 0.807. The molecule has 21 heavy (non-hydrogen) atoms. The Kier molecular flexibility index (Phi) is 4.12. The molecule has 3 aromatic rings. The fourth-order valence-electron chi connectivity index (χ4n) is 2.46. The first-order valence-corrected chi connectivity index (χ1v) is 7.23.